The van der Waals surface area contributed by atoms with Crippen LogP contribution in [0.1, 0.15) is 67.3 Å². The van der Waals surface area contributed by atoms with Crippen molar-refractivity contribution in [3.8, 4) is 0 Å². The number of carbonyl (C=O) groups excluding carboxylic acids is 1. The van der Waals surface area contributed by atoms with E-state index in [9.17, 15) is 4.79 Å². The van der Waals surface area contributed by atoms with Gasteiger partial charge in [0.25, 0.3) is 5.91 Å². The van der Waals surface area contributed by atoms with Gasteiger partial charge in [0.1, 0.15) is 11.4 Å². The van der Waals surface area contributed by atoms with E-state index in [0.717, 1.165) is 25.1 Å². The lowest BCUT2D eigenvalue weighted by atomic mass is 9.89. The van der Waals surface area contributed by atoms with Crippen LogP contribution in [0.15, 0.2) is 36.5 Å². The van der Waals surface area contributed by atoms with Crippen LogP contribution in [-0.4, -0.2) is 53.5 Å². The fourth-order valence-electron chi connectivity index (χ4n) is 4.97. The third kappa shape index (κ3) is 6.90. The fourth-order valence-corrected chi connectivity index (χ4v) is 4.97. The molecular formula is C26H38N6O. The number of likely N-dealkylation sites (tertiary alicyclic amines) is 1. The van der Waals surface area contributed by atoms with Crippen molar-refractivity contribution in [2.24, 2.45) is 5.92 Å². The molecule has 2 heterocycles. The molecule has 178 valence electrons. The molecule has 1 unspecified atom stereocenters. The zero-order chi connectivity index (χ0) is 22.9. The highest BCUT2D eigenvalue weighted by molar-refractivity contribution is 5.98. The summed E-state index contributed by atoms with van der Waals surface area (Å²) in [4.78, 5) is 24.6. The zero-order valence-corrected chi connectivity index (χ0v) is 19.9. The Bertz CT molecular complexity index is 884. The molecule has 0 bridgehead atoms. The molecule has 1 saturated carbocycles. The highest BCUT2D eigenvalue weighted by Gasteiger charge is 2.21. The number of nitrogens with zero attached hydrogens (tertiary/aromatic N) is 3. The van der Waals surface area contributed by atoms with E-state index in [0.29, 0.717) is 35.8 Å². The maximum atomic E-state index is 13.0. The zero-order valence-electron chi connectivity index (χ0n) is 19.9. The highest BCUT2D eigenvalue weighted by atomic mass is 16.1. The van der Waals surface area contributed by atoms with Crippen LogP contribution in [-0.2, 0) is 6.54 Å². The molecule has 2 fully saturated rings. The molecule has 1 aromatic heterocycles. The number of benzene rings is 1. The van der Waals surface area contributed by atoms with E-state index >= 15 is 0 Å². The van der Waals surface area contributed by atoms with Gasteiger partial charge in [-0.15, -0.1) is 0 Å². The van der Waals surface area contributed by atoms with Crippen molar-refractivity contribution in [3.05, 3.63) is 47.7 Å². The predicted molar refractivity (Wildman–Crippen MR) is 133 cm³/mol. The van der Waals surface area contributed by atoms with Crippen molar-refractivity contribution in [3.63, 3.8) is 0 Å². The first kappa shape index (κ1) is 23.5. The number of carbonyl (C=O) groups is 1. The van der Waals surface area contributed by atoms with Crippen LogP contribution >= 0.6 is 0 Å². The second-order valence-corrected chi connectivity index (χ2v) is 9.50. The van der Waals surface area contributed by atoms with Gasteiger partial charge < -0.3 is 20.9 Å². The van der Waals surface area contributed by atoms with Crippen LogP contribution < -0.4 is 16.0 Å². The number of hydrogen-bond donors (Lipinski definition) is 3. The van der Waals surface area contributed by atoms with E-state index in [1.807, 2.05) is 30.3 Å². The minimum atomic E-state index is -0.149. The summed E-state index contributed by atoms with van der Waals surface area (Å²) in [5, 5.41) is 9.87. The number of aromatic nitrogens is 2. The molecule has 1 amide bonds. The quantitative estimate of drug-likeness (QED) is 0.501. The van der Waals surface area contributed by atoms with Crippen LogP contribution in [0.4, 0.5) is 11.8 Å². The number of hydrogen-bond acceptors (Lipinski definition) is 6. The normalized spacial score (nSPS) is 19.4. The van der Waals surface area contributed by atoms with Gasteiger partial charge in [0.05, 0.1) is 0 Å². The maximum Gasteiger partial charge on any atom is 0.256 e. The van der Waals surface area contributed by atoms with Crippen LogP contribution in [0.25, 0.3) is 0 Å². The van der Waals surface area contributed by atoms with E-state index in [1.54, 1.807) is 6.20 Å². The van der Waals surface area contributed by atoms with Crippen molar-refractivity contribution in [2.45, 2.75) is 64.0 Å². The second kappa shape index (κ2) is 12.0. The molecule has 1 atom stereocenters. The molecule has 7 nitrogen and oxygen atoms in total. The molecule has 0 spiro atoms. The summed E-state index contributed by atoms with van der Waals surface area (Å²) in [5.74, 6) is 1.70. The van der Waals surface area contributed by atoms with E-state index in [2.05, 4.69) is 32.9 Å². The van der Waals surface area contributed by atoms with E-state index in [4.69, 9.17) is 4.98 Å². The van der Waals surface area contributed by atoms with Crippen LogP contribution in [0.2, 0.25) is 0 Å². The van der Waals surface area contributed by atoms with Crippen molar-refractivity contribution >= 4 is 17.7 Å². The fraction of sp³-hybridized carbons (Fsp3) is 0.577. The van der Waals surface area contributed by atoms with Crippen molar-refractivity contribution in [2.75, 3.05) is 37.3 Å². The maximum absolute atomic E-state index is 13.0. The summed E-state index contributed by atoms with van der Waals surface area (Å²) in [6.45, 7) is 3.35. The Balaban J connectivity index is 1.39. The summed E-state index contributed by atoms with van der Waals surface area (Å²) < 4.78 is 0. The summed E-state index contributed by atoms with van der Waals surface area (Å²) in [6.07, 6.45) is 11.7. The second-order valence-electron chi connectivity index (χ2n) is 9.50. The molecular weight excluding hydrogens is 412 g/mol. The number of amides is 1. The highest BCUT2D eigenvalue weighted by Crippen LogP contribution is 2.25. The van der Waals surface area contributed by atoms with Crippen molar-refractivity contribution in [1.29, 1.82) is 0 Å². The first-order valence-electron chi connectivity index (χ1n) is 12.6. The van der Waals surface area contributed by atoms with Gasteiger partial charge in [0.15, 0.2) is 0 Å². The van der Waals surface area contributed by atoms with Gasteiger partial charge in [-0.1, -0.05) is 49.6 Å². The molecule has 3 N–H and O–H groups in total. The monoisotopic (exact) mass is 450 g/mol. The summed E-state index contributed by atoms with van der Waals surface area (Å²) in [5.41, 5.74) is 1.57. The number of anilines is 2. The minimum Gasteiger partial charge on any atom is -0.369 e. The molecule has 1 aromatic carbocycles. The molecule has 0 radical (unpaired) electrons. The third-order valence-electron chi connectivity index (χ3n) is 7.04. The standard InChI is InChI=1S/C26H38N6O/c1-32-16-8-13-22(32)14-15-27-26-30-19-23(25(33)29-18-21-11-6-3-7-12-21)24(31-26)28-17-20-9-4-2-5-10-20/h3,6-7,11-12,19-20,22H,2,4-5,8-10,13-18H2,1H3,(H,29,33)(H2,27,28,30,31). The molecule has 33 heavy (non-hydrogen) atoms. The molecule has 2 aliphatic rings. The molecule has 1 saturated heterocycles. The Morgan fingerprint density at radius 2 is 1.88 bits per heavy atom. The number of rotatable bonds is 10. The first-order chi connectivity index (χ1) is 16.2. The lowest BCUT2D eigenvalue weighted by Gasteiger charge is -2.23. The third-order valence-corrected chi connectivity index (χ3v) is 7.04. The van der Waals surface area contributed by atoms with Gasteiger partial charge in [-0.25, -0.2) is 4.98 Å². The van der Waals surface area contributed by atoms with Gasteiger partial charge in [-0.05, 0) is 57.2 Å². The van der Waals surface area contributed by atoms with Crippen LogP contribution in [0.5, 0.6) is 0 Å². The predicted octanol–water partition coefficient (Wildman–Crippen LogP) is 4.30. The van der Waals surface area contributed by atoms with Gasteiger partial charge in [0.2, 0.25) is 5.95 Å². The van der Waals surface area contributed by atoms with E-state index < -0.39 is 0 Å². The average molecular weight is 451 g/mol. The van der Waals surface area contributed by atoms with Crippen LogP contribution in [0, 0.1) is 5.92 Å². The Morgan fingerprint density at radius 1 is 1.06 bits per heavy atom. The van der Waals surface area contributed by atoms with Crippen molar-refractivity contribution < 1.29 is 4.79 Å². The average Bonchev–Trinajstić information content (AvgIpc) is 3.27. The Morgan fingerprint density at radius 3 is 2.64 bits per heavy atom. The lowest BCUT2D eigenvalue weighted by molar-refractivity contribution is 0.0951. The van der Waals surface area contributed by atoms with Crippen LogP contribution in [0.3, 0.4) is 0 Å². The Kier molecular flexibility index (Phi) is 8.53. The SMILES string of the molecule is CN1CCCC1CCNc1ncc(C(=O)NCc2ccccc2)c(NCC2CCCCC2)n1. The number of nitrogens with one attached hydrogen (secondary N) is 3. The van der Waals surface area contributed by atoms with Crippen molar-refractivity contribution in [1.82, 2.24) is 20.2 Å². The van der Waals surface area contributed by atoms with Gasteiger partial charge >= 0.3 is 0 Å². The summed E-state index contributed by atoms with van der Waals surface area (Å²) in [7, 11) is 2.20. The van der Waals surface area contributed by atoms with Gasteiger partial charge in [0, 0.05) is 31.9 Å². The largest absolute Gasteiger partial charge is 0.369 e. The van der Waals surface area contributed by atoms with E-state index in [1.165, 1.54) is 51.5 Å². The van der Waals surface area contributed by atoms with Gasteiger partial charge in [-0.2, -0.15) is 4.98 Å². The Hall–Kier alpha value is -2.67. The smallest absolute Gasteiger partial charge is 0.256 e. The Labute approximate surface area is 197 Å². The molecule has 2 aromatic rings. The molecule has 1 aliphatic carbocycles. The minimum absolute atomic E-state index is 0.149. The molecule has 1 aliphatic heterocycles. The first-order valence-corrected chi connectivity index (χ1v) is 12.6. The molecule has 7 heteroatoms. The summed E-state index contributed by atoms with van der Waals surface area (Å²) in [6, 6.07) is 10.6. The lowest BCUT2D eigenvalue weighted by Crippen LogP contribution is -2.28. The summed E-state index contributed by atoms with van der Waals surface area (Å²) >= 11 is 0. The van der Waals surface area contributed by atoms with Gasteiger partial charge in [-0.3, -0.25) is 4.79 Å². The molecule has 4 rings (SSSR count). The van der Waals surface area contributed by atoms with E-state index in [-0.39, 0.29) is 5.91 Å². The topological polar surface area (TPSA) is 82.2 Å².